The minimum atomic E-state index is -1.15. The molecule has 3 N–H and O–H groups in total. The monoisotopic (exact) mass is 316 g/mol. The highest BCUT2D eigenvalue weighted by molar-refractivity contribution is 5.89. The molecule has 1 aromatic carbocycles. The van der Waals surface area contributed by atoms with Crippen LogP contribution in [0.2, 0.25) is 0 Å². The van der Waals surface area contributed by atoms with Crippen molar-refractivity contribution in [2.75, 3.05) is 19.0 Å². The molecule has 0 saturated heterocycles. The van der Waals surface area contributed by atoms with E-state index < -0.39 is 5.60 Å². The molecule has 0 bridgehead atoms. The number of carbonyl (C=O) groups is 1. The molecule has 2 amide bonds. The first-order chi connectivity index (χ1) is 11.1. The van der Waals surface area contributed by atoms with Crippen molar-refractivity contribution in [2.45, 2.75) is 18.4 Å². The van der Waals surface area contributed by atoms with Crippen LogP contribution in [0.1, 0.15) is 18.6 Å². The van der Waals surface area contributed by atoms with E-state index in [2.05, 4.69) is 10.6 Å². The fourth-order valence-corrected chi connectivity index (χ4v) is 2.58. The van der Waals surface area contributed by atoms with Crippen LogP contribution in [0.5, 0.6) is 5.75 Å². The Balaban J connectivity index is 1.59. The van der Waals surface area contributed by atoms with Crippen LogP contribution in [0.4, 0.5) is 10.5 Å². The SMILES string of the molecule is COc1ccc(NC(=O)NCC(O)(c2ccco2)C2CC2)cc1. The number of hydrogen-bond acceptors (Lipinski definition) is 4. The van der Waals surface area contributed by atoms with Crippen molar-refractivity contribution in [1.82, 2.24) is 5.32 Å². The van der Waals surface area contributed by atoms with Crippen LogP contribution in [-0.2, 0) is 5.60 Å². The van der Waals surface area contributed by atoms with Crippen LogP contribution in [0.3, 0.4) is 0 Å². The highest BCUT2D eigenvalue weighted by Crippen LogP contribution is 2.45. The van der Waals surface area contributed by atoms with Gasteiger partial charge in [-0.2, -0.15) is 0 Å². The Morgan fingerprint density at radius 1 is 1.35 bits per heavy atom. The van der Waals surface area contributed by atoms with Crippen LogP contribution >= 0.6 is 0 Å². The van der Waals surface area contributed by atoms with Crippen LogP contribution < -0.4 is 15.4 Å². The quantitative estimate of drug-likeness (QED) is 0.765. The lowest BCUT2D eigenvalue weighted by atomic mass is 9.94. The molecule has 122 valence electrons. The number of furan rings is 1. The molecule has 1 saturated carbocycles. The van der Waals surface area contributed by atoms with Crippen molar-refractivity contribution in [2.24, 2.45) is 5.92 Å². The Kier molecular flexibility index (Phi) is 4.25. The van der Waals surface area contributed by atoms with Gasteiger partial charge in [-0.15, -0.1) is 0 Å². The van der Waals surface area contributed by atoms with Gasteiger partial charge < -0.3 is 24.9 Å². The number of anilines is 1. The fraction of sp³-hybridized carbons (Fsp3) is 0.353. The lowest BCUT2D eigenvalue weighted by molar-refractivity contribution is -0.00414. The number of amides is 2. The smallest absolute Gasteiger partial charge is 0.319 e. The van der Waals surface area contributed by atoms with Crippen LogP contribution in [0, 0.1) is 5.92 Å². The third kappa shape index (κ3) is 3.48. The van der Waals surface area contributed by atoms with E-state index in [1.807, 2.05) is 0 Å². The second-order valence-electron chi connectivity index (χ2n) is 5.71. The maximum atomic E-state index is 12.0. The van der Waals surface area contributed by atoms with Gasteiger partial charge in [0.1, 0.15) is 17.1 Å². The molecule has 0 radical (unpaired) electrons. The number of methoxy groups -OCH3 is 1. The van der Waals surface area contributed by atoms with Crippen LogP contribution in [0.25, 0.3) is 0 Å². The van der Waals surface area contributed by atoms with Gasteiger partial charge >= 0.3 is 6.03 Å². The van der Waals surface area contributed by atoms with Crippen molar-refractivity contribution in [3.63, 3.8) is 0 Å². The lowest BCUT2D eigenvalue weighted by Gasteiger charge is -2.26. The summed E-state index contributed by atoms with van der Waals surface area (Å²) in [5.74, 6) is 1.33. The number of aliphatic hydroxyl groups is 1. The Morgan fingerprint density at radius 2 is 2.09 bits per heavy atom. The van der Waals surface area contributed by atoms with Gasteiger partial charge in [0.25, 0.3) is 0 Å². The minimum absolute atomic E-state index is 0.104. The number of ether oxygens (including phenoxy) is 1. The van der Waals surface area contributed by atoms with Crippen molar-refractivity contribution < 1.29 is 19.1 Å². The predicted molar refractivity (Wildman–Crippen MR) is 85.3 cm³/mol. The van der Waals surface area contributed by atoms with E-state index in [9.17, 15) is 9.90 Å². The molecular weight excluding hydrogens is 296 g/mol. The summed E-state index contributed by atoms with van der Waals surface area (Å²) in [5.41, 5.74) is -0.503. The second kappa shape index (κ2) is 6.34. The Hall–Kier alpha value is -2.47. The summed E-state index contributed by atoms with van der Waals surface area (Å²) < 4.78 is 10.4. The van der Waals surface area contributed by atoms with Crippen molar-refractivity contribution in [3.05, 3.63) is 48.4 Å². The van der Waals surface area contributed by atoms with E-state index in [0.29, 0.717) is 11.4 Å². The number of rotatable bonds is 6. The van der Waals surface area contributed by atoms with Crippen molar-refractivity contribution >= 4 is 11.7 Å². The second-order valence-corrected chi connectivity index (χ2v) is 5.71. The highest BCUT2D eigenvalue weighted by Gasteiger charge is 2.47. The van der Waals surface area contributed by atoms with E-state index in [0.717, 1.165) is 18.6 Å². The average molecular weight is 316 g/mol. The van der Waals surface area contributed by atoms with E-state index in [1.165, 1.54) is 6.26 Å². The molecule has 0 aliphatic heterocycles. The summed E-state index contributed by atoms with van der Waals surface area (Å²) in [6, 6.07) is 10.1. The Labute approximate surface area is 134 Å². The predicted octanol–water partition coefficient (Wildman–Crippen LogP) is 2.71. The molecule has 1 heterocycles. The van der Waals surface area contributed by atoms with E-state index >= 15 is 0 Å². The van der Waals surface area contributed by atoms with Gasteiger partial charge in [-0.1, -0.05) is 0 Å². The zero-order valence-electron chi connectivity index (χ0n) is 12.9. The van der Waals surface area contributed by atoms with Gasteiger partial charge in [-0.3, -0.25) is 0 Å². The molecule has 1 aliphatic carbocycles. The van der Waals surface area contributed by atoms with E-state index in [1.54, 1.807) is 43.5 Å². The number of benzene rings is 1. The van der Waals surface area contributed by atoms with Crippen LogP contribution in [0.15, 0.2) is 47.1 Å². The molecule has 1 atom stereocenters. The molecule has 6 heteroatoms. The molecule has 2 aromatic rings. The zero-order chi connectivity index (χ0) is 16.3. The van der Waals surface area contributed by atoms with Crippen LogP contribution in [-0.4, -0.2) is 24.8 Å². The van der Waals surface area contributed by atoms with Crippen molar-refractivity contribution in [3.8, 4) is 5.75 Å². The zero-order valence-corrected chi connectivity index (χ0v) is 12.9. The third-order valence-electron chi connectivity index (χ3n) is 4.07. The van der Waals surface area contributed by atoms with Gasteiger partial charge in [-0.05, 0) is 55.2 Å². The summed E-state index contributed by atoms with van der Waals surface area (Å²) in [7, 11) is 1.59. The topological polar surface area (TPSA) is 83.7 Å². The summed E-state index contributed by atoms with van der Waals surface area (Å²) >= 11 is 0. The Bertz CT molecular complexity index is 650. The van der Waals surface area contributed by atoms with Gasteiger partial charge in [-0.25, -0.2) is 4.79 Å². The lowest BCUT2D eigenvalue weighted by Crippen LogP contribution is -2.43. The molecule has 23 heavy (non-hydrogen) atoms. The molecule has 1 aromatic heterocycles. The number of urea groups is 1. The maximum Gasteiger partial charge on any atom is 0.319 e. The first-order valence-electron chi connectivity index (χ1n) is 7.57. The largest absolute Gasteiger partial charge is 0.497 e. The summed E-state index contributed by atoms with van der Waals surface area (Å²) in [6.45, 7) is 0.104. The first-order valence-corrected chi connectivity index (χ1v) is 7.57. The highest BCUT2D eigenvalue weighted by atomic mass is 16.5. The normalized spacial score (nSPS) is 16.4. The standard InChI is InChI=1S/C17H20N2O4/c1-22-14-8-6-13(7-9-14)19-16(20)18-11-17(21,12-4-5-12)15-3-2-10-23-15/h2-3,6-10,12,21H,4-5,11H2,1H3,(H2,18,19,20). The summed E-state index contributed by atoms with van der Waals surface area (Å²) in [4.78, 5) is 12.0. The molecule has 3 rings (SSSR count). The number of hydrogen-bond donors (Lipinski definition) is 3. The number of nitrogens with one attached hydrogen (secondary N) is 2. The molecule has 0 spiro atoms. The molecular formula is C17H20N2O4. The first kappa shape index (κ1) is 15.4. The maximum absolute atomic E-state index is 12.0. The molecule has 1 aliphatic rings. The molecule has 1 unspecified atom stereocenters. The summed E-state index contributed by atoms with van der Waals surface area (Å²) in [5, 5.41) is 16.3. The van der Waals surface area contributed by atoms with Gasteiger partial charge in [0, 0.05) is 5.69 Å². The summed E-state index contributed by atoms with van der Waals surface area (Å²) in [6.07, 6.45) is 3.39. The Morgan fingerprint density at radius 3 is 2.65 bits per heavy atom. The fourth-order valence-electron chi connectivity index (χ4n) is 2.58. The minimum Gasteiger partial charge on any atom is -0.497 e. The van der Waals surface area contributed by atoms with E-state index in [-0.39, 0.29) is 18.5 Å². The van der Waals surface area contributed by atoms with Crippen molar-refractivity contribution in [1.29, 1.82) is 0 Å². The average Bonchev–Trinajstić information content (AvgIpc) is 3.28. The molecule has 1 fully saturated rings. The third-order valence-corrected chi connectivity index (χ3v) is 4.07. The van der Waals surface area contributed by atoms with E-state index in [4.69, 9.17) is 9.15 Å². The number of carbonyl (C=O) groups excluding carboxylic acids is 1. The van der Waals surface area contributed by atoms with Gasteiger partial charge in [0.15, 0.2) is 0 Å². The van der Waals surface area contributed by atoms with Gasteiger partial charge in [0.05, 0.1) is 19.9 Å². The molecule has 6 nitrogen and oxygen atoms in total. The van der Waals surface area contributed by atoms with Gasteiger partial charge in [0.2, 0.25) is 0 Å².